The molecule has 1 unspecified atom stereocenters. The second-order valence-corrected chi connectivity index (χ2v) is 2.52. The van der Waals surface area contributed by atoms with Crippen molar-refractivity contribution < 1.29 is 15.0 Å². The predicted molar refractivity (Wildman–Crippen MR) is 45.7 cm³/mol. The van der Waals surface area contributed by atoms with Crippen molar-refractivity contribution in [1.82, 2.24) is 10.2 Å². The maximum atomic E-state index is 10.5. The molecule has 0 spiro atoms. The summed E-state index contributed by atoms with van der Waals surface area (Å²) in [4.78, 5) is 11.8. The van der Waals surface area contributed by atoms with E-state index in [2.05, 4.69) is 5.32 Å². The van der Waals surface area contributed by atoms with Crippen molar-refractivity contribution in [3.63, 3.8) is 0 Å². The fourth-order valence-corrected chi connectivity index (χ4v) is 1.18. The van der Waals surface area contributed by atoms with Crippen molar-refractivity contribution in [2.45, 2.75) is 6.04 Å². The molecule has 0 saturated carbocycles. The second kappa shape index (κ2) is 5.18. The van der Waals surface area contributed by atoms with Crippen molar-refractivity contribution in [3.8, 4) is 0 Å². The van der Waals surface area contributed by atoms with Gasteiger partial charge < -0.3 is 20.4 Å². The van der Waals surface area contributed by atoms with Crippen LogP contribution in [0.1, 0.15) is 0 Å². The molecule has 1 atom stereocenters. The van der Waals surface area contributed by atoms with E-state index in [0.29, 0.717) is 19.6 Å². The van der Waals surface area contributed by atoms with Crippen LogP contribution in [0.15, 0.2) is 0 Å². The summed E-state index contributed by atoms with van der Waals surface area (Å²) >= 11 is 0. The lowest BCUT2D eigenvalue weighted by atomic mass is 10.2. The van der Waals surface area contributed by atoms with Crippen LogP contribution >= 0.6 is 12.4 Å². The lowest BCUT2D eigenvalue weighted by Crippen LogP contribution is -2.54. The van der Waals surface area contributed by atoms with Gasteiger partial charge in [-0.1, -0.05) is 0 Å². The van der Waals surface area contributed by atoms with Crippen molar-refractivity contribution in [2.24, 2.45) is 0 Å². The summed E-state index contributed by atoms with van der Waals surface area (Å²) in [6.45, 7) is 1.56. The van der Waals surface area contributed by atoms with Crippen molar-refractivity contribution in [3.05, 3.63) is 0 Å². The van der Waals surface area contributed by atoms with Gasteiger partial charge in [0.25, 0.3) is 0 Å². The Morgan fingerprint density at radius 2 is 2.33 bits per heavy atom. The van der Waals surface area contributed by atoms with Gasteiger partial charge in [0.2, 0.25) is 0 Å². The van der Waals surface area contributed by atoms with Gasteiger partial charge in [-0.3, -0.25) is 0 Å². The quantitative estimate of drug-likeness (QED) is 0.521. The molecule has 0 radical (unpaired) electrons. The SMILES string of the molecule is Cl.O=C(O)N1CCNCC1CO. The van der Waals surface area contributed by atoms with Gasteiger partial charge in [-0.15, -0.1) is 12.4 Å². The summed E-state index contributed by atoms with van der Waals surface area (Å²) in [5, 5.41) is 20.4. The molecule has 1 amide bonds. The second-order valence-electron chi connectivity index (χ2n) is 2.52. The summed E-state index contributed by atoms with van der Waals surface area (Å²) in [5.41, 5.74) is 0. The van der Waals surface area contributed by atoms with Gasteiger partial charge in [-0.25, -0.2) is 4.79 Å². The molecule has 5 nitrogen and oxygen atoms in total. The van der Waals surface area contributed by atoms with Gasteiger partial charge >= 0.3 is 6.09 Å². The van der Waals surface area contributed by atoms with E-state index >= 15 is 0 Å². The first-order valence-electron chi connectivity index (χ1n) is 3.57. The highest BCUT2D eigenvalue weighted by Crippen LogP contribution is 2.01. The zero-order chi connectivity index (χ0) is 8.27. The first kappa shape index (κ1) is 11.5. The summed E-state index contributed by atoms with van der Waals surface area (Å²) in [5.74, 6) is 0. The molecule has 0 bridgehead atoms. The average Bonchev–Trinajstić information content (AvgIpc) is 2.04. The molecular weight excluding hydrogens is 184 g/mol. The number of nitrogens with one attached hydrogen (secondary N) is 1. The van der Waals surface area contributed by atoms with E-state index < -0.39 is 6.09 Å². The number of amides is 1. The van der Waals surface area contributed by atoms with Crippen LogP contribution in [0.5, 0.6) is 0 Å². The molecule has 0 aliphatic carbocycles. The van der Waals surface area contributed by atoms with Crippen molar-refractivity contribution >= 4 is 18.5 Å². The molecule has 6 heteroatoms. The normalized spacial score (nSPS) is 23.1. The minimum atomic E-state index is -0.953. The van der Waals surface area contributed by atoms with Gasteiger partial charge in [0.05, 0.1) is 12.6 Å². The molecule has 12 heavy (non-hydrogen) atoms. The number of piperazine rings is 1. The van der Waals surface area contributed by atoms with E-state index in [4.69, 9.17) is 10.2 Å². The molecule has 1 aliphatic heterocycles. The Morgan fingerprint density at radius 3 is 2.75 bits per heavy atom. The predicted octanol–water partition coefficient (Wildman–Crippen LogP) is -0.648. The van der Waals surface area contributed by atoms with Gasteiger partial charge in [-0.05, 0) is 0 Å². The fourth-order valence-electron chi connectivity index (χ4n) is 1.18. The monoisotopic (exact) mass is 196 g/mol. The minimum Gasteiger partial charge on any atom is -0.465 e. The Hall–Kier alpha value is -0.520. The van der Waals surface area contributed by atoms with Gasteiger partial charge in [0.1, 0.15) is 0 Å². The van der Waals surface area contributed by atoms with Crippen LogP contribution in [0.25, 0.3) is 0 Å². The number of rotatable bonds is 1. The van der Waals surface area contributed by atoms with E-state index in [1.165, 1.54) is 4.90 Å². The highest BCUT2D eigenvalue weighted by molar-refractivity contribution is 5.85. The van der Waals surface area contributed by atoms with E-state index in [0.717, 1.165) is 0 Å². The van der Waals surface area contributed by atoms with Crippen LogP contribution in [0, 0.1) is 0 Å². The molecule has 1 heterocycles. The Labute approximate surface area is 76.8 Å². The van der Waals surface area contributed by atoms with Crippen molar-refractivity contribution in [1.29, 1.82) is 0 Å². The topological polar surface area (TPSA) is 72.8 Å². The summed E-state index contributed by atoms with van der Waals surface area (Å²) in [6, 6.07) is -0.277. The third kappa shape index (κ3) is 2.51. The number of hydrogen-bond acceptors (Lipinski definition) is 3. The molecule has 0 aromatic carbocycles. The first-order chi connectivity index (χ1) is 5.25. The highest BCUT2D eigenvalue weighted by Gasteiger charge is 2.24. The Balaban J connectivity index is 0.00000121. The molecule has 1 rings (SSSR count). The van der Waals surface area contributed by atoms with Crippen LogP contribution in [-0.2, 0) is 0 Å². The Morgan fingerprint density at radius 1 is 1.67 bits per heavy atom. The number of hydrogen-bond donors (Lipinski definition) is 3. The molecule has 72 valence electrons. The third-order valence-corrected chi connectivity index (χ3v) is 1.81. The molecule has 1 saturated heterocycles. The lowest BCUT2D eigenvalue weighted by molar-refractivity contribution is 0.0846. The summed E-state index contributed by atoms with van der Waals surface area (Å²) in [6.07, 6.45) is -0.953. The van der Waals surface area contributed by atoms with E-state index in [1.807, 2.05) is 0 Å². The van der Waals surface area contributed by atoms with Crippen LogP contribution in [0.3, 0.4) is 0 Å². The van der Waals surface area contributed by atoms with Crippen molar-refractivity contribution in [2.75, 3.05) is 26.2 Å². The number of aliphatic hydroxyl groups excluding tert-OH is 1. The van der Waals surface area contributed by atoms with Gasteiger partial charge in [-0.2, -0.15) is 0 Å². The van der Waals surface area contributed by atoms with Gasteiger partial charge in [0, 0.05) is 19.6 Å². The maximum Gasteiger partial charge on any atom is 0.407 e. The van der Waals surface area contributed by atoms with Crippen LogP contribution < -0.4 is 5.32 Å². The number of carboxylic acid groups (broad SMARTS) is 1. The first-order valence-corrected chi connectivity index (χ1v) is 3.57. The summed E-state index contributed by atoms with van der Waals surface area (Å²) < 4.78 is 0. The Bertz CT molecular complexity index is 156. The molecule has 0 aromatic heterocycles. The minimum absolute atomic E-state index is 0. The van der Waals surface area contributed by atoms with Crippen LogP contribution in [0.4, 0.5) is 4.79 Å². The lowest BCUT2D eigenvalue weighted by Gasteiger charge is -2.32. The molecule has 3 N–H and O–H groups in total. The zero-order valence-corrected chi connectivity index (χ0v) is 7.38. The Kier molecular flexibility index (Phi) is 4.96. The molecule has 1 fully saturated rings. The van der Waals surface area contributed by atoms with Gasteiger partial charge in [0.15, 0.2) is 0 Å². The molecular formula is C6H13ClN2O3. The largest absolute Gasteiger partial charge is 0.465 e. The molecule has 0 aromatic rings. The van der Waals surface area contributed by atoms with E-state index in [9.17, 15) is 4.79 Å². The molecule has 1 aliphatic rings. The number of aliphatic hydroxyl groups is 1. The standard InChI is InChI=1S/C6H12N2O3.ClH/c9-4-5-3-7-1-2-8(5)6(10)11;/h5,7,9H,1-4H2,(H,10,11);1H. The zero-order valence-electron chi connectivity index (χ0n) is 6.56. The van der Waals surface area contributed by atoms with E-state index in [1.54, 1.807) is 0 Å². The van der Waals surface area contributed by atoms with Crippen LogP contribution in [-0.4, -0.2) is 53.5 Å². The summed E-state index contributed by atoms with van der Waals surface area (Å²) in [7, 11) is 0. The number of halogens is 1. The fraction of sp³-hybridized carbons (Fsp3) is 0.833. The maximum absolute atomic E-state index is 10.5. The number of nitrogens with zero attached hydrogens (tertiary/aromatic N) is 1. The number of carbonyl (C=O) groups is 1. The van der Waals surface area contributed by atoms with E-state index in [-0.39, 0.29) is 25.1 Å². The third-order valence-electron chi connectivity index (χ3n) is 1.81. The van der Waals surface area contributed by atoms with Crippen LogP contribution in [0.2, 0.25) is 0 Å². The average molecular weight is 197 g/mol. The smallest absolute Gasteiger partial charge is 0.407 e. The highest BCUT2D eigenvalue weighted by atomic mass is 35.5.